The number of ether oxygens (including phenoxy) is 4. The second-order valence-electron chi connectivity index (χ2n) is 9.54. The lowest BCUT2D eigenvalue weighted by molar-refractivity contribution is -0.260. The number of esters is 3. The molecule has 0 bridgehead atoms. The third-order valence-corrected chi connectivity index (χ3v) is 8.03. The van der Waals surface area contributed by atoms with E-state index in [4.69, 9.17) is 23.4 Å². The normalized spacial score (nSPS) is 43.4. The van der Waals surface area contributed by atoms with E-state index in [0.717, 1.165) is 12.0 Å². The Hall–Kier alpha value is -2.35. The molecule has 2 aliphatic carbocycles. The summed E-state index contributed by atoms with van der Waals surface area (Å²) in [6.07, 6.45) is 5.09. The van der Waals surface area contributed by atoms with Crippen LogP contribution >= 0.6 is 0 Å². The third-order valence-electron chi connectivity index (χ3n) is 8.03. The van der Waals surface area contributed by atoms with Gasteiger partial charge in [-0.1, -0.05) is 6.92 Å². The molecule has 7 atom stereocenters. The van der Waals surface area contributed by atoms with Gasteiger partial charge in [0, 0.05) is 31.7 Å². The molecule has 0 aromatic carbocycles. The fraction of sp³-hybridized carbons (Fsp3) is 0.696. The first kappa shape index (κ1) is 20.5. The van der Waals surface area contributed by atoms with Crippen LogP contribution in [0.15, 0.2) is 23.0 Å². The first-order valence-electron chi connectivity index (χ1n) is 11.0. The maximum atomic E-state index is 13.6. The molecule has 168 valence electrons. The van der Waals surface area contributed by atoms with Crippen molar-refractivity contribution in [3.8, 4) is 0 Å². The zero-order valence-electron chi connectivity index (χ0n) is 18.1. The fourth-order valence-corrected chi connectivity index (χ4v) is 6.79. The van der Waals surface area contributed by atoms with Gasteiger partial charge in [-0.2, -0.15) is 0 Å². The molecule has 0 N–H and O–H groups in total. The molecule has 31 heavy (non-hydrogen) atoms. The molecule has 0 amide bonds. The van der Waals surface area contributed by atoms with Crippen LogP contribution in [0.1, 0.15) is 64.5 Å². The number of furan rings is 1. The molecular weight excluding hydrogens is 404 g/mol. The summed E-state index contributed by atoms with van der Waals surface area (Å²) in [5, 5.41) is 0. The van der Waals surface area contributed by atoms with Crippen LogP contribution in [0.25, 0.3) is 0 Å². The summed E-state index contributed by atoms with van der Waals surface area (Å²) in [5.41, 5.74) is -2.00. The summed E-state index contributed by atoms with van der Waals surface area (Å²) in [7, 11) is 0. The van der Waals surface area contributed by atoms with Crippen LogP contribution in [0.2, 0.25) is 0 Å². The summed E-state index contributed by atoms with van der Waals surface area (Å²) in [6, 6.07) is 1.80. The average Bonchev–Trinajstić information content (AvgIpc) is 3.11. The van der Waals surface area contributed by atoms with E-state index < -0.39 is 40.8 Å². The lowest BCUT2D eigenvalue weighted by Gasteiger charge is -2.60. The minimum absolute atomic E-state index is 0.135. The van der Waals surface area contributed by atoms with Crippen molar-refractivity contribution in [1.82, 2.24) is 0 Å². The zero-order valence-corrected chi connectivity index (χ0v) is 18.1. The van der Waals surface area contributed by atoms with Gasteiger partial charge < -0.3 is 23.4 Å². The van der Waals surface area contributed by atoms with Crippen molar-refractivity contribution in [3.05, 3.63) is 24.2 Å². The molecule has 0 unspecified atom stereocenters. The van der Waals surface area contributed by atoms with Crippen LogP contribution in [0.3, 0.4) is 0 Å². The summed E-state index contributed by atoms with van der Waals surface area (Å²) >= 11 is 0. The Labute approximate surface area is 180 Å². The second-order valence-corrected chi connectivity index (χ2v) is 9.54. The molecule has 2 saturated heterocycles. The Balaban J connectivity index is 1.64. The molecule has 2 saturated carbocycles. The molecule has 2 aliphatic heterocycles. The number of fused-ring (bicyclic) bond motifs is 3. The fourth-order valence-electron chi connectivity index (χ4n) is 6.79. The second kappa shape index (κ2) is 6.82. The molecule has 1 aromatic heterocycles. The van der Waals surface area contributed by atoms with E-state index in [1.54, 1.807) is 18.6 Å². The first-order valence-corrected chi connectivity index (χ1v) is 11.0. The predicted octanol–water partition coefficient (Wildman–Crippen LogP) is 3.10. The van der Waals surface area contributed by atoms with Crippen molar-refractivity contribution < 1.29 is 37.7 Å². The largest absolute Gasteiger partial charge is 0.472 e. The van der Waals surface area contributed by atoms with Crippen molar-refractivity contribution in [1.29, 1.82) is 0 Å². The van der Waals surface area contributed by atoms with Gasteiger partial charge in [0.15, 0.2) is 5.60 Å². The average molecular weight is 432 g/mol. The van der Waals surface area contributed by atoms with Gasteiger partial charge in [0.25, 0.3) is 0 Å². The molecule has 5 rings (SSSR count). The standard InChI is InChI=1S/C23H28O8/c1-13-9-19(29-14(2)24)23(31-15(3)25)18(5-4-7-21(23)12-28-21)22(13)10-17(30-20(22)26)16-6-8-27-11-16/h6,8,11,13,17-19H,4-5,7,9-10,12H2,1-3H3/t13-,17-,18-,19+,21+,22-,23-/m1/s1. The minimum Gasteiger partial charge on any atom is -0.472 e. The third kappa shape index (κ3) is 2.73. The molecular formula is C23H28O8. The van der Waals surface area contributed by atoms with Crippen molar-refractivity contribution in [3.63, 3.8) is 0 Å². The smallest absolute Gasteiger partial charge is 0.313 e. The van der Waals surface area contributed by atoms with Crippen LogP contribution in [0.4, 0.5) is 0 Å². The van der Waals surface area contributed by atoms with E-state index in [1.165, 1.54) is 13.8 Å². The highest BCUT2D eigenvalue weighted by atomic mass is 16.7. The van der Waals surface area contributed by atoms with Crippen LogP contribution in [-0.4, -0.2) is 41.8 Å². The molecule has 2 spiro atoms. The minimum atomic E-state index is -1.21. The van der Waals surface area contributed by atoms with Gasteiger partial charge in [0.2, 0.25) is 0 Å². The SMILES string of the molecule is CC(=O)O[C@H]1C[C@@H](C)[C@]2(C[C@H](c3ccoc3)OC2=O)[C@H]2CCC[C@]3(CO3)[C@]12OC(C)=O. The number of rotatable bonds is 3. The number of carbonyl (C=O) groups is 3. The summed E-state index contributed by atoms with van der Waals surface area (Å²) in [4.78, 5) is 38.0. The molecule has 4 fully saturated rings. The summed E-state index contributed by atoms with van der Waals surface area (Å²) in [6.45, 7) is 5.13. The monoisotopic (exact) mass is 432 g/mol. The van der Waals surface area contributed by atoms with Gasteiger partial charge in [-0.25, -0.2) is 0 Å². The quantitative estimate of drug-likeness (QED) is 0.408. The molecule has 8 nitrogen and oxygen atoms in total. The molecule has 1 aromatic rings. The Kier molecular flexibility index (Phi) is 4.52. The van der Waals surface area contributed by atoms with Gasteiger partial charge in [0.1, 0.15) is 17.8 Å². The van der Waals surface area contributed by atoms with E-state index >= 15 is 0 Å². The van der Waals surface area contributed by atoms with E-state index in [-0.39, 0.29) is 17.8 Å². The van der Waals surface area contributed by atoms with Crippen LogP contribution < -0.4 is 0 Å². The van der Waals surface area contributed by atoms with Gasteiger partial charge in [0.05, 0.1) is 24.5 Å². The van der Waals surface area contributed by atoms with E-state index in [0.29, 0.717) is 32.3 Å². The van der Waals surface area contributed by atoms with Crippen molar-refractivity contribution in [2.45, 2.75) is 76.3 Å². The van der Waals surface area contributed by atoms with Crippen LogP contribution in [-0.2, 0) is 33.3 Å². The Morgan fingerprint density at radius 1 is 1.23 bits per heavy atom. The molecule has 0 radical (unpaired) electrons. The Bertz CT molecular complexity index is 903. The predicted molar refractivity (Wildman–Crippen MR) is 104 cm³/mol. The van der Waals surface area contributed by atoms with Gasteiger partial charge >= 0.3 is 17.9 Å². The maximum absolute atomic E-state index is 13.6. The maximum Gasteiger partial charge on any atom is 0.313 e. The van der Waals surface area contributed by atoms with E-state index in [9.17, 15) is 14.4 Å². The van der Waals surface area contributed by atoms with Gasteiger partial charge in [-0.15, -0.1) is 0 Å². The van der Waals surface area contributed by atoms with Crippen LogP contribution in [0, 0.1) is 17.3 Å². The van der Waals surface area contributed by atoms with E-state index in [2.05, 4.69) is 0 Å². The highest BCUT2D eigenvalue weighted by molar-refractivity contribution is 5.81. The number of cyclic esters (lactones) is 1. The number of hydrogen-bond acceptors (Lipinski definition) is 8. The lowest BCUT2D eigenvalue weighted by Crippen LogP contribution is -2.72. The molecule has 8 heteroatoms. The Morgan fingerprint density at radius 2 is 2.00 bits per heavy atom. The van der Waals surface area contributed by atoms with Crippen molar-refractivity contribution in [2.24, 2.45) is 17.3 Å². The number of carbonyl (C=O) groups excluding carboxylic acids is 3. The van der Waals surface area contributed by atoms with Crippen molar-refractivity contribution in [2.75, 3.05) is 6.61 Å². The summed E-state index contributed by atoms with van der Waals surface area (Å²) in [5.74, 6) is -1.71. The topological polar surface area (TPSA) is 105 Å². The molecule has 3 heterocycles. The summed E-state index contributed by atoms with van der Waals surface area (Å²) < 4.78 is 29.0. The van der Waals surface area contributed by atoms with Crippen molar-refractivity contribution >= 4 is 17.9 Å². The molecule has 4 aliphatic rings. The van der Waals surface area contributed by atoms with E-state index in [1.807, 2.05) is 6.92 Å². The Morgan fingerprint density at radius 3 is 2.61 bits per heavy atom. The number of hydrogen-bond donors (Lipinski definition) is 0. The number of epoxide rings is 1. The van der Waals surface area contributed by atoms with Gasteiger partial charge in [-0.3, -0.25) is 14.4 Å². The highest BCUT2D eigenvalue weighted by Crippen LogP contribution is 2.68. The first-order chi connectivity index (χ1) is 14.7. The lowest BCUT2D eigenvalue weighted by atomic mass is 9.47. The van der Waals surface area contributed by atoms with Crippen LogP contribution in [0.5, 0.6) is 0 Å². The zero-order chi connectivity index (χ0) is 22.0. The highest BCUT2D eigenvalue weighted by Gasteiger charge is 2.80. The van der Waals surface area contributed by atoms with Gasteiger partial charge in [-0.05, 0) is 37.7 Å².